The molecule has 2 aromatic heterocycles. The van der Waals surface area contributed by atoms with Gasteiger partial charge in [-0.25, -0.2) is 4.79 Å². The SMILES string of the molecule is CCc1cc(=O)oc2cc(OCC(=O)NCc3ccco3)ccc12. The molecule has 0 unspecified atom stereocenters. The van der Waals surface area contributed by atoms with Gasteiger partial charge in [-0.2, -0.15) is 0 Å². The average molecular weight is 327 g/mol. The maximum absolute atomic E-state index is 11.8. The molecule has 0 aliphatic carbocycles. The Morgan fingerprint density at radius 3 is 2.88 bits per heavy atom. The van der Waals surface area contributed by atoms with Crippen LogP contribution in [0.4, 0.5) is 0 Å². The van der Waals surface area contributed by atoms with E-state index in [9.17, 15) is 9.59 Å². The van der Waals surface area contributed by atoms with Crippen LogP contribution in [-0.2, 0) is 17.8 Å². The van der Waals surface area contributed by atoms with Crippen LogP contribution in [0.15, 0.2) is 56.3 Å². The van der Waals surface area contributed by atoms with Crippen molar-refractivity contribution >= 4 is 16.9 Å². The summed E-state index contributed by atoms with van der Waals surface area (Å²) in [7, 11) is 0. The molecular formula is C18H17NO5. The Labute approximate surface area is 138 Å². The van der Waals surface area contributed by atoms with Crippen LogP contribution in [-0.4, -0.2) is 12.5 Å². The number of ether oxygens (including phenoxy) is 1. The molecule has 0 radical (unpaired) electrons. The van der Waals surface area contributed by atoms with Crippen molar-refractivity contribution in [2.24, 2.45) is 0 Å². The molecule has 0 aliphatic heterocycles. The molecule has 24 heavy (non-hydrogen) atoms. The van der Waals surface area contributed by atoms with Crippen molar-refractivity contribution < 1.29 is 18.4 Å². The largest absolute Gasteiger partial charge is 0.484 e. The van der Waals surface area contributed by atoms with Gasteiger partial charge in [0.2, 0.25) is 0 Å². The molecule has 0 saturated carbocycles. The molecule has 124 valence electrons. The van der Waals surface area contributed by atoms with Crippen LogP contribution in [0.5, 0.6) is 5.75 Å². The van der Waals surface area contributed by atoms with Crippen molar-refractivity contribution in [3.63, 3.8) is 0 Å². The molecule has 0 fully saturated rings. The first-order chi connectivity index (χ1) is 11.7. The summed E-state index contributed by atoms with van der Waals surface area (Å²) in [5.41, 5.74) is 0.976. The van der Waals surface area contributed by atoms with E-state index in [-0.39, 0.29) is 12.5 Å². The van der Waals surface area contributed by atoms with E-state index in [2.05, 4.69) is 5.32 Å². The lowest BCUT2D eigenvalue weighted by molar-refractivity contribution is -0.123. The minimum atomic E-state index is -0.396. The number of carbonyl (C=O) groups excluding carboxylic acids is 1. The zero-order chi connectivity index (χ0) is 16.9. The maximum Gasteiger partial charge on any atom is 0.336 e. The molecule has 3 aromatic rings. The van der Waals surface area contributed by atoms with Gasteiger partial charge in [0.1, 0.15) is 17.1 Å². The summed E-state index contributed by atoms with van der Waals surface area (Å²) in [6, 6.07) is 10.2. The zero-order valence-electron chi connectivity index (χ0n) is 13.2. The van der Waals surface area contributed by atoms with E-state index in [1.54, 1.807) is 30.5 Å². The Balaban J connectivity index is 1.65. The van der Waals surface area contributed by atoms with E-state index in [1.165, 1.54) is 6.07 Å². The van der Waals surface area contributed by atoms with Crippen LogP contribution in [0.25, 0.3) is 11.0 Å². The number of furan rings is 1. The number of benzene rings is 1. The van der Waals surface area contributed by atoms with Crippen LogP contribution in [0.2, 0.25) is 0 Å². The Morgan fingerprint density at radius 1 is 1.25 bits per heavy atom. The zero-order valence-corrected chi connectivity index (χ0v) is 13.2. The van der Waals surface area contributed by atoms with Crippen molar-refractivity contribution in [1.82, 2.24) is 5.32 Å². The second kappa shape index (κ2) is 7.04. The van der Waals surface area contributed by atoms with Gasteiger partial charge in [-0.3, -0.25) is 4.79 Å². The fourth-order valence-corrected chi connectivity index (χ4v) is 2.39. The third-order valence-electron chi connectivity index (χ3n) is 3.59. The molecular weight excluding hydrogens is 310 g/mol. The Bertz CT molecular complexity index is 895. The number of amides is 1. The monoisotopic (exact) mass is 327 g/mol. The fourth-order valence-electron chi connectivity index (χ4n) is 2.39. The molecule has 2 heterocycles. The quantitative estimate of drug-likeness (QED) is 0.704. The normalized spacial score (nSPS) is 10.7. The predicted octanol–water partition coefficient (Wildman–Crippen LogP) is 2.64. The highest BCUT2D eigenvalue weighted by molar-refractivity contribution is 5.82. The van der Waals surface area contributed by atoms with Gasteiger partial charge in [-0.15, -0.1) is 0 Å². The van der Waals surface area contributed by atoms with Crippen molar-refractivity contribution in [2.75, 3.05) is 6.61 Å². The number of rotatable bonds is 6. The van der Waals surface area contributed by atoms with E-state index in [4.69, 9.17) is 13.6 Å². The summed E-state index contributed by atoms with van der Waals surface area (Å²) < 4.78 is 15.8. The predicted molar refractivity (Wildman–Crippen MR) is 87.9 cm³/mol. The third-order valence-corrected chi connectivity index (χ3v) is 3.59. The average Bonchev–Trinajstić information content (AvgIpc) is 3.10. The second-order valence-corrected chi connectivity index (χ2v) is 5.25. The molecule has 0 bridgehead atoms. The highest BCUT2D eigenvalue weighted by Crippen LogP contribution is 2.22. The van der Waals surface area contributed by atoms with Gasteiger partial charge in [0.15, 0.2) is 6.61 Å². The van der Waals surface area contributed by atoms with Gasteiger partial charge in [-0.05, 0) is 36.2 Å². The topological polar surface area (TPSA) is 81.7 Å². The minimum absolute atomic E-state index is 0.135. The lowest BCUT2D eigenvalue weighted by atomic mass is 10.1. The summed E-state index contributed by atoms with van der Waals surface area (Å²) in [4.78, 5) is 23.3. The van der Waals surface area contributed by atoms with Crippen molar-refractivity contribution in [1.29, 1.82) is 0 Å². The van der Waals surface area contributed by atoms with Crippen LogP contribution in [0, 0.1) is 0 Å². The number of hydrogen-bond donors (Lipinski definition) is 1. The van der Waals surface area contributed by atoms with E-state index in [0.717, 1.165) is 17.4 Å². The van der Waals surface area contributed by atoms with Crippen LogP contribution < -0.4 is 15.7 Å². The standard InChI is InChI=1S/C18H17NO5/c1-2-12-8-18(21)24-16-9-13(5-6-15(12)16)23-11-17(20)19-10-14-4-3-7-22-14/h3-9H,2,10-11H2,1H3,(H,19,20). The Hall–Kier alpha value is -3.02. The molecule has 0 atom stereocenters. The fraction of sp³-hybridized carbons (Fsp3) is 0.222. The lowest BCUT2D eigenvalue weighted by Crippen LogP contribution is -2.28. The maximum atomic E-state index is 11.8. The Morgan fingerprint density at radius 2 is 2.12 bits per heavy atom. The van der Waals surface area contributed by atoms with E-state index >= 15 is 0 Å². The molecule has 1 amide bonds. The number of hydrogen-bond acceptors (Lipinski definition) is 5. The van der Waals surface area contributed by atoms with Gasteiger partial charge in [0.25, 0.3) is 5.91 Å². The first kappa shape index (κ1) is 15.9. The molecule has 1 aromatic carbocycles. The molecule has 6 nitrogen and oxygen atoms in total. The number of fused-ring (bicyclic) bond motifs is 1. The number of nitrogens with one attached hydrogen (secondary N) is 1. The highest BCUT2D eigenvalue weighted by Gasteiger charge is 2.08. The first-order valence-electron chi connectivity index (χ1n) is 7.64. The van der Waals surface area contributed by atoms with Crippen LogP contribution in [0.1, 0.15) is 18.2 Å². The summed E-state index contributed by atoms with van der Waals surface area (Å²) in [6.07, 6.45) is 2.28. The summed E-state index contributed by atoms with van der Waals surface area (Å²) in [6.45, 7) is 2.15. The number of aryl methyl sites for hydroxylation is 1. The molecule has 1 N–H and O–H groups in total. The molecule has 0 spiro atoms. The van der Waals surface area contributed by atoms with E-state index in [0.29, 0.717) is 23.6 Å². The minimum Gasteiger partial charge on any atom is -0.484 e. The summed E-state index contributed by atoms with van der Waals surface area (Å²) in [5.74, 6) is 0.866. The van der Waals surface area contributed by atoms with Gasteiger partial charge in [0.05, 0.1) is 12.8 Å². The second-order valence-electron chi connectivity index (χ2n) is 5.25. The van der Waals surface area contributed by atoms with E-state index in [1.807, 2.05) is 13.0 Å². The molecule has 0 saturated heterocycles. The highest BCUT2D eigenvalue weighted by atomic mass is 16.5. The van der Waals surface area contributed by atoms with E-state index < -0.39 is 5.63 Å². The van der Waals surface area contributed by atoms with Gasteiger partial charge in [-0.1, -0.05) is 6.92 Å². The molecule has 3 rings (SSSR count). The van der Waals surface area contributed by atoms with Crippen molar-refractivity contribution in [3.8, 4) is 5.75 Å². The lowest BCUT2D eigenvalue weighted by Gasteiger charge is -2.08. The van der Waals surface area contributed by atoms with Crippen LogP contribution >= 0.6 is 0 Å². The van der Waals surface area contributed by atoms with Crippen molar-refractivity contribution in [3.05, 3.63) is 64.4 Å². The number of carbonyl (C=O) groups is 1. The Kier molecular flexibility index (Phi) is 4.65. The molecule has 0 aliphatic rings. The van der Waals surface area contributed by atoms with Gasteiger partial charge in [0, 0.05) is 17.5 Å². The first-order valence-corrected chi connectivity index (χ1v) is 7.64. The summed E-state index contributed by atoms with van der Waals surface area (Å²) in [5, 5.41) is 3.56. The smallest absolute Gasteiger partial charge is 0.336 e. The third kappa shape index (κ3) is 3.65. The van der Waals surface area contributed by atoms with Crippen LogP contribution in [0.3, 0.4) is 0 Å². The van der Waals surface area contributed by atoms with Gasteiger partial charge < -0.3 is 18.9 Å². The van der Waals surface area contributed by atoms with Crippen molar-refractivity contribution in [2.45, 2.75) is 19.9 Å². The molecule has 6 heteroatoms. The summed E-state index contributed by atoms with van der Waals surface area (Å²) >= 11 is 0. The van der Waals surface area contributed by atoms with Gasteiger partial charge >= 0.3 is 5.63 Å².